The molecule has 0 radical (unpaired) electrons. The van der Waals surface area contributed by atoms with Crippen molar-refractivity contribution in [2.45, 2.75) is 64.5 Å². The lowest BCUT2D eigenvalue weighted by Gasteiger charge is -2.20. The van der Waals surface area contributed by atoms with Crippen LogP contribution in [0.25, 0.3) is 0 Å². The second kappa shape index (κ2) is 7.32. The predicted molar refractivity (Wildman–Crippen MR) is 83.9 cm³/mol. The van der Waals surface area contributed by atoms with Gasteiger partial charge in [0.25, 0.3) is 0 Å². The first-order valence-electron chi connectivity index (χ1n) is 7.85. The Balaban J connectivity index is 1.92. The van der Waals surface area contributed by atoms with E-state index in [1.54, 1.807) is 0 Å². The zero-order valence-corrected chi connectivity index (χ0v) is 12.6. The van der Waals surface area contributed by atoms with Gasteiger partial charge < -0.3 is 10.6 Å². The highest BCUT2D eigenvalue weighted by atomic mass is 16.2. The van der Waals surface area contributed by atoms with Crippen molar-refractivity contribution in [3.05, 3.63) is 29.8 Å². The third-order valence-corrected chi connectivity index (χ3v) is 4.00. The Morgan fingerprint density at radius 1 is 1.30 bits per heavy atom. The monoisotopic (exact) mass is 274 g/mol. The molecule has 2 rings (SSSR count). The maximum atomic E-state index is 12.2. The highest BCUT2D eigenvalue weighted by molar-refractivity contribution is 5.84. The lowest BCUT2D eigenvalue weighted by atomic mass is 10.1. The first-order valence-corrected chi connectivity index (χ1v) is 7.85. The maximum Gasteiger partial charge on any atom is 0.242 e. The summed E-state index contributed by atoms with van der Waals surface area (Å²) in [6.45, 7) is 4.11. The lowest BCUT2D eigenvalue weighted by molar-refractivity contribution is -0.122. The average molecular weight is 274 g/mol. The highest BCUT2D eigenvalue weighted by Crippen LogP contribution is 2.19. The van der Waals surface area contributed by atoms with Gasteiger partial charge in [-0.3, -0.25) is 4.79 Å². The Hall–Kier alpha value is -1.51. The van der Waals surface area contributed by atoms with E-state index in [1.165, 1.54) is 18.4 Å². The van der Waals surface area contributed by atoms with E-state index in [0.717, 1.165) is 31.4 Å². The molecule has 0 aliphatic heterocycles. The Kier molecular flexibility index (Phi) is 5.45. The maximum absolute atomic E-state index is 12.2. The van der Waals surface area contributed by atoms with Gasteiger partial charge in [-0.2, -0.15) is 0 Å². The van der Waals surface area contributed by atoms with Crippen molar-refractivity contribution in [3.8, 4) is 0 Å². The third-order valence-electron chi connectivity index (χ3n) is 4.00. The summed E-state index contributed by atoms with van der Waals surface area (Å²) >= 11 is 0. The molecule has 3 nitrogen and oxygen atoms in total. The van der Waals surface area contributed by atoms with Crippen molar-refractivity contribution in [1.82, 2.24) is 5.32 Å². The van der Waals surface area contributed by atoms with Gasteiger partial charge in [0.15, 0.2) is 0 Å². The van der Waals surface area contributed by atoms with Gasteiger partial charge in [-0.05, 0) is 37.8 Å². The quantitative estimate of drug-likeness (QED) is 0.833. The average Bonchev–Trinajstić information content (AvgIpc) is 2.94. The van der Waals surface area contributed by atoms with Gasteiger partial charge in [-0.25, -0.2) is 0 Å². The fraction of sp³-hybridized carbons (Fsp3) is 0.588. The minimum Gasteiger partial charge on any atom is -0.374 e. The van der Waals surface area contributed by atoms with Gasteiger partial charge in [0.1, 0.15) is 6.04 Å². The number of para-hydroxylation sites is 1. The molecule has 0 aromatic heterocycles. The van der Waals surface area contributed by atoms with Gasteiger partial charge in [-0.15, -0.1) is 0 Å². The second-order valence-corrected chi connectivity index (χ2v) is 5.76. The molecule has 0 saturated heterocycles. The number of rotatable bonds is 6. The normalized spacial score (nSPS) is 16.9. The van der Waals surface area contributed by atoms with Gasteiger partial charge in [0.05, 0.1) is 0 Å². The van der Waals surface area contributed by atoms with Crippen LogP contribution in [0.3, 0.4) is 0 Å². The smallest absolute Gasteiger partial charge is 0.242 e. The lowest BCUT2D eigenvalue weighted by Crippen LogP contribution is -2.42. The molecule has 0 heterocycles. The number of benzene rings is 1. The third kappa shape index (κ3) is 3.99. The van der Waals surface area contributed by atoms with Crippen molar-refractivity contribution in [2.75, 3.05) is 5.32 Å². The Morgan fingerprint density at radius 2 is 2.00 bits per heavy atom. The molecule has 1 aliphatic rings. The number of nitrogens with one attached hydrogen (secondary N) is 2. The molecule has 1 unspecified atom stereocenters. The van der Waals surface area contributed by atoms with E-state index >= 15 is 0 Å². The summed E-state index contributed by atoms with van der Waals surface area (Å²) in [6, 6.07) is 8.46. The summed E-state index contributed by atoms with van der Waals surface area (Å²) in [5, 5.41) is 6.51. The number of hydrogen-bond acceptors (Lipinski definition) is 2. The van der Waals surface area contributed by atoms with Gasteiger partial charge in [0.2, 0.25) is 5.91 Å². The number of hydrogen-bond donors (Lipinski definition) is 2. The molecule has 0 spiro atoms. The van der Waals surface area contributed by atoms with E-state index in [1.807, 2.05) is 13.0 Å². The van der Waals surface area contributed by atoms with Crippen LogP contribution in [0.2, 0.25) is 0 Å². The fourth-order valence-electron chi connectivity index (χ4n) is 2.84. The molecular weight excluding hydrogens is 248 g/mol. The molecule has 1 fully saturated rings. The summed E-state index contributed by atoms with van der Waals surface area (Å²) in [5.41, 5.74) is 2.37. The topological polar surface area (TPSA) is 41.1 Å². The molecule has 1 aliphatic carbocycles. The SMILES string of the molecule is CCCc1ccccc1NC(C)C(=O)NC1CCCC1. The van der Waals surface area contributed by atoms with E-state index in [0.29, 0.717) is 6.04 Å². The summed E-state index contributed by atoms with van der Waals surface area (Å²) in [7, 11) is 0. The molecular formula is C17H26N2O. The largest absolute Gasteiger partial charge is 0.374 e. The summed E-state index contributed by atoms with van der Waals surface area (Å²) in [6.07, 6.45) is 6.90. The molecule has 1 amide bonds. The summed E-state index contributed by atoms with van der Waals surface area (Å²) < 4.78 is 0. The summed E-state index contributed by atoms with van der Waals surface area (Å²) in [5.74, 6) is 0.114. The Labute approximate surface area is 122 Å². The molecule has 110 valence electrons. The molecule has 2 N–H and O–H groups in total. The van der Waals surface area contributed by atoms with Crippen molar-refractivity contribution < 1.29 is 4.79 Å². The van der Waals surface area contributed by atoms with Crippen molar-refractivity contribution in [3.63, 3.8) is 0 Å². The minimum atomic E-state index is -0.186. The zero-order chi connectivity index (χ0) is 14.4. The number of carbonyl (C=O) groups is 1. The Bertz CT molecular complexity index is 438. The fourth-order valence-corrected chi connectivity index (χ4v) is 2.84. The van der Waals surface area contributed by atoms with Crippen LogP contribution in [0.4, 0.5) is 5.69 Å². The summed E-state index contributed by atoms with van der Waals surface area (Å²) in [4.78, 5) is 12.2. The number of amides is 1. The zero-order valence-electron chi connectivity index (χ0n) is 12.6. The standard InChI is InChI=1S/C17H26N2O/c1-3-8-14-9-4-7-12-16(14)18-13(2)17(20)19-15-10-5-6-11-15/h4,7,9,12-13,15,18H,3,5-6,8,10-11H2,1-2H3,(H,19,20). The van der Waals surface area contributed by atoms with E-state index in [4.69, 9.17) is 0 Å². The van der Waals surface area contributed by atoms with E-state index in [2.05, 4.69) is 35.8 Å². The van der Waals surface area contributed by atoms with Crippen LogP contribution in [-0.2, 0) is 11.2 Å². The van der Waals surface area contributed by atoms with Gasteiger partial charge in [0, 0.05) is 11.7 Å². The van der Waals surface area contributed by atoms with E-state index in [9.17, 15) is 4.79 Å². The van der Waals surface area contributed by atoms with Crippen LogP contribution in [0.1, 0.15) is 51.5 Å². The predicted octanol–water partition coefficient (Wildman–Crippen LogP) is 3.50. The van der Waals surface area contributed by atoms with Gasteiger partial charge in [-0.1, -0.05) is 44.4 Å². The molecule has 1 atom stereocenters. The molecule has 1 saturated carbocycles. The van der Waals surface area contributed by atoms with Crippen LogP contribution in [0.15, 0.2) is 24.3 Å². The molecule has 1 aromatic rings. The van der Waals surface area contributed by atoms with E-state index < -0.39 is 0 Å². The number of aryl methyl sites for hydroxylation is 1. The Morgan fingerprint density at radius 3 is 2.70 bits per heavy atom. The van der Waals surface area contributed by atoms with Crippen LogP contribution in [0, 0.1) is 0 Å². The first kappa shape index (κ1) is 14.9. The van der Waals surface area contributed by atoms with Crippen molar-refractivity contribution in [1.29, 1.82) is 0 Å². The number of anilines is 1. The molecule has 1 aromatic carbocycles. The van der Waals surface area contributed by atoms with Crippen LogP contribution >= 0.6 is 0 Å². The van der Waals surface area contributed by atoms with Gasteiger partial charge >= 0.3 is 0 Å². The molecule has 0 bridgehead atoms. The first-order chi connectivity index (χ1) is 9.70. The number of carbonyl (C=O) groups excluding carboxylic acids is 1. The minimum absolute atomic E-state index is 0.114. The van der Waals surface area contributed by atoms with Crippen LogP contribution < -0.4 is 10.6 Å². The molecule has 3 heteroatoms. The van der Waals surface area contributed by atoms with Crippen molar-refractivity contribution >= 4 is 11.6 Å². The van der Waals surface area contributed by atoms with Crippen LogP contribution in [-0.4, -0.2) is 18.0 Å². The second-order valence-electron chi connectivity index (χ2n) is 5.76. The van der Waals surface area contributed by atoms with Crippen LogP contribution in [0.5, 0.6) is 0 Å². The van der Waals surface area contributed by atoms with E-state index in [-0.39, 0.29) is 11.9 Å². The molecule has 20 heavy (non-hydrogen) atoms. The van der Waals surface area contributed by atoms with Crippen molar-refractivity contribution in [2.24, 2.45) is 0 Å². The highest BCUT2D eigenvalue weighted by Gasteiger charge is 2.20.